The Morgan fingerprint density at radius 1 is 1.38 bits per heavy atom. The van der Waals surface area contributed by atoms with Gasteiger partial charge in [0.1, 0.15) is 0 Å². The zero-order chi connectivity index (χ0) is 13.4. The predicted octanol–water partition coefficient (Wildman–Crippen LogP) is 2.31. The second-order valence-corrected chi connectivity index (χ2v) is 2.77. The van der Waals surface area contributed by atoms with Gasteiger partial charge >= 0.3 is 18.1 Å². The van der Waals surface area contributed by atoms with E-state index in [2.05, 4.69) is 6.58 Å². The first-order valence-corrected chi connectivity index (χ1v) is 4.30. The lowest BCUT2D eigenvalue weighted by molar-refractivity contribution is -0.192. The first-order chi connectivity index (χ1) is 7.16. The molecule has 0 aliphatic heterocycles. The highest BCUT2D eigenvalue weighted by atomic mass is 19.4. The van der Waals surface area contributed by atoms with Crippen LogP contribution in [0.3, 0.4) is 0 Å². The molecule has 0 radical (unpaired) electrons. The minimum absolute atomic E-state index is 0.234. The summed E-state index contributed by atoms with van der Waals surface area (Å²) in [4.78, 5) is 19.2. The van der Waals surface area contributed by atoms with Crippen molar-refractivity contribution in [3.05, 3.63) is 12.7 Å². The maximum Gasteiger partial charge on any atom is 0.490 e. The molecule has 0 amide bonds. The van der Waals surface area contributed by atoms with Gasteiger partial charge in [0.2, 0.25) is 0 Å². The third-order valence-corrected chi connectivity index (χ3v) is 1.54. The predicted molar refractivity (Wildman–Crippen MR) is 49.9 cm³/mol. The zero-order valence-electron chi connectivity index (χ0n) is 8.62. The first kappa shape index (κ1) is 16.9. The molecule has 4 nitrogen and oxygen atoms in total. The molecule has 7 heteroatoms. The summed E-state index contributed by atoms with van der Waals surface area (Å²) in [5.41, 5.74) is 0. The van der Waals surface area contributed by atoms with Gasteiger partial charge in [0.05, 0.1) is 5.92 Å². The molecule has 0 aromatic heterocycles. The maximum atomic E-state index is 10.6. The van der Waals surface area contributed by atoms with Gasteiger partial charge in [-0.2, -0.15) is 13.2 Å². The molecule has 0 aromatic rings. The second kappa shape index (κ2) is 7.72. The van der Waals surface area contributed by atoms with Crippen LogP contribution in [-0.2, 0) is 9.59 Å². The average molecular weight is 242 g/mol. The molecule has 0 saturated heterocycles. The van der Waals surface area contributed by atoms with E-state index in [0.717, 1.165) is 0 Å². The van der Waals surface area contributed by atoms with Gasteiger partial charge in [0.15, 0.2) is 0 Å². The number of hydrogen-bond acceptors (Lipinski definition) is 2. The van der Waals surface area contributed by atoms with E-state index in [1.165, 1.54) is 0 Å². The average Bonchev–Trinajstić information content (AvgIpc) is 2.13. The molecule has 1 unspecified atom stereocenters. The molecule has 0 bridgehead atoms. The van der Waals surface area contributed by atoms with Crippen LogP contribution in [0.1, 0.15) is 19.8 Å². The summed E-state index contributed by atoms with van der Waals surface area (Å²) in [7, 11) is 0. The van der Waals surface area contributed by atoms with E-state index in [1.54, 1.807) is 6.08 Å². The van der Waals surface area contributed by atoms with Crippen LogP contribution in [0.25, 0.3) is 0 Å². The van der Waals surface area contributed by atoms with Gasteiger partial charge in [0, 0.05) is 0 Å². The largest absolute Gasteiger partial charge is 0.490 e. The van der Waals surface area contributed by atoms with Crippen LogP contribution in [0.4, 0.5) is 13.2 Å². The number of carboxylic acids is 2. The van der Waals surface area contributed by atoms with E-state index in [4.69, 9.17) is 15.0 Å². The Labute approximate surface area is 90.4 Å². The molecule has 2 N–H and O–H groups in total. The molecule has 0 aromatic carbocycles. The van der Waals surface area contributed by atoms with Crippen LogP contribution in [0.15, 0.2) is 12.7 Å². The lowest BCUT2D eigenvalue weighted by atomic mass is 10.0. The number of carbonyl (C=O) groups is 2. The molecule has 0 saturated carbocycles. The molecule has 16 heavy (non-hydrogen) atoms. The Kier molecular flexibility index (Phi) is 8.15. The minimum atomic E-state index is -5.08. The van der Waals surface area contributed by atoms with Gasteiger partial charge in [-0.05, 0) is 12.8 Å². The van der Waals surface area contributed by atoms with Crippen LogP contribution >= 0.6 is 0 Å². The van der Waals surface area contributed by atoms with Crippen molar-refractivity contribution in [2.24, 2.45) is 5.92 Å². The topological polar surface area (TPSA) is 74.6 Å². The fourth-order valence-corrected chi connectivity index (χ4v) is 0.643. The zero-order valence-corrected chi connectivity index (χ0v) is 8.62. The number of carboxylic acid groups (broad SMARTS) is 2. The third kappa shape index (κ3) is 9.04. The Bertz CT molecular complexity index is 248. The van der Waals surface area contributed by atoms with Crippen LogP contribution < -0.4 is 0 Å². The van der Waals surface area contributed by atoms with Crippen molar-refractivity contribution in [1.82, 2.24) is 0 Å². The van der Waals surface area contributed by atoms with Crippen LogP contribution in [0.5, 0.6) is 0 Å². The highest BCUT2D eigenvalue weighted by Crippen LogP contribution is 2.13. The highest BCUT2D eigenvalue weighted by Gasteiger charge is 2.38. The van der Waals surface area contributed by atoms with E-state index < -0.39 is 18.1 Å². The summed E-state index contributed by atoms with van der Waals surface area (Å²) in [6, 6.07) is 0. The summed E-state index contributed by atoms with van der Waals surface area (Å²) in [5.74, 6) is -3.72. The van der Waals surface area contributed by atoms with Crippen LogP contribution in [0, 0.1) is 5.92 Å². The minimum Gasteiger partial charge on any atom is -0.481 e. The van der Waals surface area contributed by atoms with E-state index in [-0.39, 0.29) is 5.92 Å². The number of alkyl halides is 3. The first-order valence-electron chi connectivity index (χ1n) is 4.30. The van der Waals surface area contributed by atoms with Crippen molar-refractivity contribution in [3.63, 3.8) is 0 Å². The summed E-state index contributed by atoms with van der Waals surface area (Å²) in [6.45, 7) is 5.33. The van der Waals surface area contributed by atoms with Gasteiger partial charge in [-0.1, -0.05) is 13.0 Å². The van der Waals surface area contributed by atoms with Crippen molar-refractivity contribution in [2.45, 2.75) is 25.9 Å². The summed E-state index contributed by atoms with van der Waals surface area (Å²) in [6.07, 6.45) is -2.19. The summed E-state index contributed by atoms with van der Waals surface area (Å²) < 4.78 is 31.7. The molecule has 1 atom stereocenters. The number of allylic oxidation sites excluding steroid dienone is 1. The smallest absolute Gasteiger partial charge is 0.481 e. The van der Waals surface area contributed by atoms with E-state index in [1.807, 2.05) is 6.92 Å². The highest BCUT2D eigenvalue weighted by molar-refractivity contribution is 5.73. The van der Waals surface area contributed by atoms with Gasteiger partial charge in [0.25, 0.3) is 0 Å². The number of halogens is 3. The number of aliphatic carboxylic acids is 2. The SMILES string of the molecule is C=CCC(CC)C(=O)O.O=C(O)C(F)(F)F. The van der Waals surface area contributed by atoms with Crippen molar-refractivity contribution in [2.75, 3.05) is 0 Å². The lowest BCUT2D eigenvalue weighted by Crippen LogP contribution is -2.21. The Morgan fingerprint density at radius 2 is 1.75 bits per heavy atom. The standard InChI is InChI=1S/C7H12O2.C2HF3O2/c1-3-5-6(4-2)7(8)9;3-2(4,5)1(6)7/h3,6H,1,4-5H2,2H3,(H,8,9);(H,6,7). The van der Waals surface area contributed by atoms with Crippen molar-refractivity contribution >= 4 is 11.9 Å². The molecule has 0 aliphatic rings. The molecule has 0 rings (SSSR count). The third-order valence-electron chi connectivity index (χ3n) is 1.54. The molecular weight excluding hydrogens is 229 g/mol. The Hall–Kier alpha value is -1.53. The lowest BCUT2D eigenvalue weighted by Gasteiger charge is -2.03. The molecular formula is C9H13F3O4. The van der Waals surface area contributed by atoms with Gasteiger partial charge in [-0.25, -0.2) is 4.79 Å². The van der Waals surface area contributed by atoms with Crippen molar-refractivity contribution < 1.29 is 33.0 Å². The maximum absolute atomic E-state index is 10.6. The Morgan fingerprint density at radius 3 is 1.81 bits per heavy atom. The monoisotopic (exact) mass is 242 g/mol. The van der Waals surface area contributed by atoms with Gasteiger partial charge in [-0.3, -0.25) is 4.79 Å². The summed E-state index contributed by atoms with van der Waals surface area (Å²) >= 11 is 0. The van der Waals surface area contributed by atoms with Gasteiger partial charge in [-0.15, -0.1) is 6.58 Å². The summed E-state index contributed by atoms with van der Waals surface area (Å²) in [5, 5.41) is 15.6. The van der Waals surface area contributed by atoms with E-state index >= 15 is 0 Å². The van der Waals surface area contributed by atoms with Crippen molar-refractivity contribution in [3.8, 4) is 0 Å². The quantitative estimate of drug-likeness (QED) is 0.742. The molecule has 0 spiro atoms. The molecule has 0 heterocycles. The van der Waals surface area contributed by atoms with Crippen LogP contribution in [-0.4, -0.2) is 28.3 Å². The van der Waals surface area contributed by atoms with Gasteiger partial charge < -0.3 is 10.2 Å². The normalized spacial score (nSPS) is 12.0. The number of rotatable bonds is 4. The van der Waals surface area contributed by atoms with E-state index in [9.17, 15) is 18.0 Å². The van der Waals surface area contributed by atoms with Crippen LogP contribution in [0.2, 0.25) is 0 Å². The fraction of sp³-hybridized carbons (Fsp3) is 0.556. The number of hydrogen-bond donors (Lipinski definition) is 2. The molecule has 94 valence electrons. The molecule has 0 fully saturated rings. The van der Waals surface area contributed by atoms with Crippen molar-refractivity contribution in [1.29, 1.82) is 0 Å². The van der Waals surface area contributed by atoms with E-state index in [0.29, 0.717) is 12.8 Å². The fourth-order valence-electron chi connectivity index (χ4n) is 0.643. The Balaban J connectivity index is 0. The second-order valence-electron chi connectivity index (χ2n) is 2.77. The molecule has 0 aliphatic carbocycles.